The van der Waals surface area contributed by atoms with E-state index in [2.05, 4.69) is 16.4 Å². The summed E-state index contributed by atoms with van der Waals surface area (Å²) in [7, 11) is -3.30. The minimum absolute atomic E-state index is 0.0618. The number of aromatic nitrogens is 1. The number of hydrogen-bond acceptors (Lipinski definition) is 6. The van der Waals surface area contributed by atoms with Gasteiger partial charge in [0.25, 0.3) is 0 Å². The SMILES string of the molecule is CCS(=O)(=O)c1cccc(C2=CC=C(OCC(C)O)C3Nc4ncc(C)cc4C23)c1. The Hall–Kier alpha value is -2.64. The smallest absolute Gasteiger partial charge is 0.178 e. The van der Waals surface area contributed by atoms with Crippen molar-refractivity contribution in [1.29, 1.82) is 0 Å². The summed E-state index contributed by atoms with van der Waals surface area (Å²) in [5.41, 5.74) is 3.98. The first-order valence-corrected chi connectivity index (χ1v) is 11.7. The molecule has 0 saturated carbocycles. The van der Waals surface area contributed by atoms with Gasteiger partial charge >= 0.3 is 0 Å². The fourth-order valence-electron chi connectivity index (χ4n) is 3.99. The maximum Gasteiger partial charge on any atom is 0.178 e. The lowest BCUT2D eigenvalue weighted by Gasteiger charge is -2.29. The van der Waals surface area contributed by atoms with Crippen molar-refractivity contribution in [3.63, 3.8) is 0 Å². The quantitative estimate of drug-likeness (QED) is 0.736. The minimum atomic E-state index is -3.30. The molecule has 0 saturated heterocycles. The molecule has 2 heterocycles. The second kappa shape index (κ2) is 7.89. The minimum Gasteiger partial charge on any atom is -0.493 e. The lowest BCUT2D eigenvalue weighted by molar-refractivity contribution is 0.0780. The second-order valence-corrected chi connectivity index (χ2v) is 10.1. The van der Waals surface area contributed by atoms with Crippen LogP contribution in [0, 0.1) is 6.92 Å². The molecule has 2 aromatic rings. The molecule has 0 fully saturated rings. The Morgan fingerprint density at radius 1 is 1.27 bits per heavy atom. The van der Waals surface area contributed by atoms with E-state index in [1.54, 1.807) is 32.0 Å². The predicted octanol–water partition coefficient (Wildman–Crippen LogP) is 3.44. The molecule has 7 heteroatoms. The van der Waals surface area contributed by atoms with Crippen LogP contribution in [0.5, 0.6) is 0 Å². The number of nitrogens with one attached hydrogen (secondary N) is 1. The monoisotopic (exact) mass is 426 g/mol. The van der Waals surface area contributed by atoms with Gasteiger partial charge in [0.1, 0.15) is 18.2 Å². The number of benzene rings is 1. The summed E-state index contributed by atoms with van der Waals surface area (Å²) in [5.74, 6) is 1.53. The van der Waals surface area contributed by atoms with Gasteiger partial charge in [0.2, 0.25) is 0 Å². The van der Waals surface area contributed by atoms with Gasteiger partial charge in [0, 0.05) is 17.7 Å². The van der Waals surface area contributed by atoms with Gasteiger partial charge in [-0.15, -0.1) is 0 Å². The summed E-state index contributed by atoms with van der Waals surface area (Å²) in [4.78, 5) is 4.87. The summed E-state index contributed by atoms with van der Waals surface area (Å²) in [5, 5.41) is 13.1. The summed E-state index contributed by atoms with van der Waals surface area (Å²) < 4.78 is 30.7. The Morgan fingerprint density at radius 2 is 2.07 bits per heavy atom. The van der Waals surface area contributed by atoms with E-state index in [1.165, 1.54) is 0 Å². The number of rotatable bonds is 6. The number of sulfone groups is 1. The first-order valence-electron chi connectivity index (χ1n) is 10.1. The van der Waals surface area contributed by atoms with Crippen molar-refractivity contribution in [3.05, 3.63) is 71.1 Å². The zero-order valence-corrected chi connectivity index (χ0v) is 18.1. The lowest BCUT2D eigenvalue weighted by atomic mass is 9.80. The van der Waals surface area contributed by atoms with Crippen LogP contribution in [-0.4, -0.2) is 43.0 Å². The zero-order chi connectivity index (χ0) is 21.5. The first-order chi connectivity index (χ1) is 14.3. The van der Waals surface area contributed by atoms with Crippen LogP contribution in [0.3, 0.4) is 0 Å². The molecule has 158 valence electrons. The Labute approximate surface area is 177 Å². The highest BCUT2D eigenvalue weighted by Gasteiger charge is 2.41. The maximum absolute atomic E-state index is 12.4. The van der Waals surface area contributed by atoms with E-state index in [0.717, 1.165) is 33.8 Å². The Kier molecular flexibility index (Phi) is 5.42. The highest BCUT2D eigenvalue weighted by molar-refractivity contribution is 7.91. The average Bonchev–Trinajstić information content (AvgIpc) is 3.11. The number of aryl methyl sites for hydroxylation is 1. The second-order valence-electron chi connectivity index (χ2n) is 7.83. The molecule has 1 aliphatic carbocycles. The molecule has 1 aromatic carbocycles. The first kappa shape index (κ1) is 20.6. The number of aliphatic hydroxyl groups is 1. The van der Waals surface area contributed by atoms with Crippen LogP contribution in [0.25, 0.3) is 5.57 Å². The van der Waals surface area contributed by atoms with E-state index in [-0.39, 0.29) is 24.3 Å². The number of pyridine rings is 1. The number of nitrogens with zero attached hydrogens (tertiary/aromatic N) is 1. The molecule has 3 atom stereocenters. The van der Waals surface area contributed by atoms with Crippen molar-refractivity contribution in [2.75, 3.05) is 17.7 Å². The number of fused-ring (bicyclic) bond motifs is 3. The van der Waals surface area contributed by atoms with Crippen LogP contribution in [0.4, 0.5) is 5.82 Å². The van der Waals surface area contributed by atoms with Crippen LogP contribution >= 0.6 is 0 Å². The summed E-state index contributed by atoms with van der Waals surface area (Å²) in [6, 6.07) is 9.06. The molecule has 3 unspecified atom stereocenters. The molecule has 6 nitrogen and oxygen atoms in total. The summed E-state index contributed by atoms with van der Waals surface area (Å²) >= 11 is 0. The van der Waals surface area contributed by atoms with Gasteiger partial charge < -0.3 is 15.2 Å². The van der Waals surface area contributed by atoms with Gasteiger partial charge in [-0.1, -0.05) is 31.2 Å². The fraction of sp³-hybridized carbons (Fsp3) is 0.348. The molecular formula is C23H26N2O4S. The van der Waals surface area contributed by atoms with Gasteiger partial charge in [-0.2, -0.15) is 0 Å². The third-order valence-electron chi connectivity index (χ3n) is 5.48. The van der Waals surface area contributed by atoms with E-state index in [0.29, 0.717) is 4.90 Å². The van der Waals surface area contributed by atoms with Crippen molar-refractivity contribution in [2.24, 2.45) is 0 Å². The number of anilines is 1. The van der Waals surface area contributed by atoms with Gasteiger partial charge in [0.15, 0.2) is 9.84 Å². The van der Waals surface area contributed by atoms with Gasteiger partial charge in [-0.25, -0.2) is 13.4 Å². The number of allylic oxidation sites excluding steroid dienone is 2. The molecular weight excluding hydrogens is 400 g/mol. The van der Waals surface area contributed by atoms with Crippen molar-refractivity contribution in [2.45, 2.75) is 43.7 Å². The maximum atomic E-state index is 12.4. The number of hydrogen-bond donors (Lipinski definition) is 2. The Bertz CT molecular complexity index is 1140. The van der Waals surface area contributed by atoms with Crippen molar-refractivity contribution in [1.82, 2.24) is 4.98 Å². The van der Waals surface area contributed by atoms with E-state index in [1.807, 2.05) is 31.3 Å². The standard InChI is InChI=1S/C23H26N2O4S/c1-4-30(27,28)17-7-5-6-16(11-17)18-8-9-20(29-13-15(3)26)22-21(18)19-10-14(2)12-24-23(19)25-22/h5-12,15,21-22,26H,4,13H2,1-3H3,(H,24,25). The molecule has 0 bridgehead atoms. The molecule has 2 aliphatic rings. The highest BCUT2D eigenvalue weighted by Crippen LogP contribution is 2.48. The topological polar surface area (TPSA) is 88.5 Å². The van der Waals surface area contributed by atoms with E-state index in [4.69, 9.17) is 4.74 Å². The van der Waals surface area contributed by atoms with Crippen LogP contribution in [0.2, 0.25) is 0 Å². The largest absolute Gasteiger partial charge is 0.493 e. The summed E-state index contributed by atoms with van der Waals surface area (Å²) in [6.07, 6.45) is 5.12. The number of ether oxygens (including phenoxy) is 1. The fourth-order valence-corrected chi connectivity index (χ4v) is 4.91. The van der Waals surface area contributed by atoms with E-state index in [9.17, 15) is 13.5 Å². The molecule has 0 amide bonds. The van der Waals surface area contributed by atoms with Crippen LogP contribution in [-0.2, 0) is 14.6 Å². The third-order valence-corrected chi connectivity index (χ3v) is 7.21. The highest BCUT2D eigenvalue weighted by atomic mass is 32.2. The lowest BCUT2D eigenvalue weighted by Crippen LogP contribution is -2.29. The normalized spacial score (nSPS) is 21.1. The Balaban J connectivity index is 1.81. The van der Waals surface area contributed by atoms with Gasteiger partial charge in [-0.05, 0) is 48.8 Å². The molecule has 0 radical (unpaired) electrons. The van der Waals surface area contributed by atoms with Crippen LogP contribution in [0.1, 0.15) is 36.5 Å². The van der Waals surface area contributed by atoms with E-state index >= 15 is 0 Å². The molecule has 0 spiro atoms. The predicted molar refractivity (Wildman–Crippen MR) is 117 cm³/mol. The third kappa shape index (κ3) is 3.75. The molecule has 4 rings (SSSR count). The summed E-state index contributed by atoms with van der Waals surface area (Å²) in [6.45, 7) is 5.54. The van der Waals surface area contributed by atoms with Gasteiger partial charge in [-0.3, -0.25) is 0 Å². The molecule has 2 N–H and O–H groups in total. The number of aliphatic hydroxyl groups excluding tert-OH is 1. The van der Waals surface area contributed by atoms with Gasteiger partial charge in [0.05, 0.1) is 22.8 Å². The Morgan fingerprint density at radius 3 is 2.80 bits per heavy atom. The zero-order valence-electron chi connectivity index (χ0n) is 17.3. The van der Waals surface area contributed by atoms with Crippen molar-refractivity contribution < 1.29 is 18.3 Å². The molecule has 1 aromatic heterocycles. The van der Waals surface area contributed by atoms with E-state index < -0.39 is 15.9 Å². The van der Waals surface area contributed by atoms with Crippen molar-refractivity contribution in [3.8, 4) is 0 Å². The molecule has 1 aliphatic heterocycles. The average molecular weight is 427 g/mol. The van der Waals surface area contributed by atoms with Crippen LogP contribution in [0.15, 0.2) is 59.3 Å². The van der Waals surface area contributed by atoms with Crippen molar-refractivity contribution >= 4 is 21.2 Å². The van der Waals surface area contributed by atoms with Crippen LogP contribution < -0.4 is 5.32 Å². The molecule has 30 heavy (non-hydrogen) atoms.